The summed E-state index contributed by atoms with van der Waals surface area (Å²) in [5.41, 5.74) is 0.790. The summed E-state index contributed by atoms with van der Waals surface area (Å²) in [7, 11) is 0. The van der Waals surface area contributed by atoms with Gasteiger partial charge in [-0.25, -0.2) is 13.8 Å². The predicted molar refractivity (Wildman–Crippen MR) is 91.1 cm³/mol. The van der Waals surface area contributed by atoms with E-state index < -0.39 is 17.5 Å². The molecule has 26 heavy (non-hydrogen) atoms. The van der Waals surface area contributed by atoms with Crippen LogP contribution in [0.25, 0.3) is 0 Å². The molecule has 0 aliphatic carbocycles. The summed E-state index contributed by atoms with van der Waals surface area (Å²) in [6, 6.07) is 2.72. The largest absolute Gasteiger partial charge is 0.342 e. The van der Waals surface area contributed by atoms with Crippen molar-refractivity contribution in [2.45, 2.75) is 25.8 Å². The second-order valence-electron chi connectivity index (χ2n) is 6.64. The van der Waals surface area contributed by atoms with Gasteiger partial charge in [-0.3, -0.25) is 14.6 Å². The summed E-state index contributed by atoms with van der Waals surface area (Å²) in [5.74, 6) is -1.53. The Morgan fingerprint density at radius 1 is 1.08 bits per heavy atom. The lowest BCUT2D eigenvalue weighted by Crippen LogP contribution is -2.40. The Hall–Kier alpha value is -2.77. The minimum absolute atomic E-state index is 0.0657. The van der Waals surface area contributed by atoms with Crippen molar-refractivity contribution in [2.75, 3.05) is 24.5 Å². The summed E-state index contributed by atoms with van der Waals surface area (Å²) in [4.78, 5) is 35.9. The first-order chi connectivity index (χ1) is 12.5. The summed E-state index contributed by atoms with van der Waals surface area (Å²) in [6.07, 6.45) is 2.59. The van der Waals surface area contributed by atoms with Gasteiger partial charge in [-0.05, 0) is 25.0 Å². The molecule has 3 heterocycles. The number of halogens is 2. The van der Waals surface area contributed by atoms with Crippen molar-refractivity contribution in [3.63, 3.8) is 0 Å². The molecule has 0 radical (unpaired) electrons. The van der Waals surface area contributed by atoms with Gasteiger partial charge >= 0.3 is 0 Å². The van der Waals surface area contributed by atoms with E-state index in [9.17, 15) is 18.4 Å². The van der Waals surface area contributed by atoms with Crippen molar-refractivity contribution in [1.82, 2.24) is 14.9 Å². The Morgan fingerprint density at radius 2 is 1.77 bits per heavy atom. The Labute approximate surface area is 148 Å². The van der Waals surface area contributed by atoms with Gasteiger partial charge in [0.25, 0.3) is 11.5 Å². The van der Waals surface area contributed by atoms with Crippen molar-refractivity contribution >= 4 is 11.9 Å². The number of anilines is 1. The first-order valence-electron chi connectivity index (χ1n) is 8.63. The normalized spacial score (nSPS) is 16.7. The van der Waals surface area contributed by atoms with Crippen molar-refractivity contribution in [1.29, 1.82) is 0 Å². The number of aromatic amines is 1. The maximum atomic E-state index is 13.4. The topological polar surface area (TPSA) is 69.3 Å². The summed E-state index contributed by atoms with van der Waals surface area (Å²) in [5, 5.41) is 0. The second kappa shape index (κ2) is 6.51. The predicted octanol–water partition coefficient (Wildman–Crippen LogP) is 1.85. The fourth-order valence-electron chi connectivity index (χ4n) is 3.52. The molecule has 1 aromatic carbocycles. The molecule has 6 nitrogen and oxygen atoms in total. The first kappa shape index (κ1) is 16.7. The minimum Gasteiger partial charge on any atom is -0.342 e. The third-order valence-corrected chi connectivity index (χ3v) is 4.86. The summed E-state index contributed by atoms with van der Waals surface area (Å²) in [6.45, 7) is 2.17. The number of benzene rings is 1. The van der Waals surface area contributed by atoms with Gasteiger partial charge in [-0.15, -0.1) is 0 Å². The second-order valence-corrected chi connectivity index (χ2v) is 6.64. The lowest BCUT2D eigenvalue weighted by atomic mass is 10.1. The number of rotatable bonds is 2. The molecule has 1 saturated heterocycles. The van der Waals surface area contributed by atoms with Gasteiger partial charge < -0.3 is 9.80 Å². The van der Waals surface area contributed by atoms with E-state index in [0.717, 1.165) is 44.1 Å². The molecule has 0 bridgehead atoms. The molecule has 1 amide bonds. The first-order valence-corrected chi connectivity index (χ1v) is 8.63. The van der Waals surface area contributed by atoms with E-state index in [2.05, 4.69) is 14.9 Å². The van der Waals surface area contributed by atoms with Crippen molar-refractivity contribution in [3.05, 3.63) is 57.0 Å². The number of H-pyrrole nitrogens is 1. The van der Waals surface area contributed by atoms with Crippen molar-refractivity contribution in [3.8, 4) is 0 Å². The Balaban J connectivity index is 1.59. The zero-order valence-electron chi connectivity index (χ0n) is 14.1. The van der Waals surface area contributed by atoms with Gasteiger partial charge in [0, 0.05) is 37.7 Å². The molecule has 2 aliphatic heterocycles. The average Bonchev–Trinajstić information content (AvgIpc) is 3.14. The van der Waals surface area contributed by atoms with Crippen LogP contribution in [0.4, 0.5) is 14.7 Å². The Kier molecular flexibility index (Phi) is 4.18. The molecule has 0 atom stereocenters. The number of hydrogen-bond donors (Lipinski definition) is 1. The van der Waals surface area contributed by atoms with Crippen LogP contribution in [-0.4, -0.2) is 40.4 Å². The van der Waals surface area contributed by atoms with Crippen LogP contribution in [-0.2, 0) is 13.0 Å². The van der Waals surface area contributed by atoms with E-state index in [-0.39, 0.29) is 17.7 Å². The van der Waals surface area contributed by atoms with Crippen LogP contribution >= 0.6 is 0 Å². The number of nitrogens with zero attached hydrogens (tertiary/aromatic N) is 3. The molecular formula is C18H18F2N4O2. The van der Waals surface area contributed by atoms with Crippen LogP contribution < -0.4 is 10.5 Å². The maximum Gasteiger partial charge on any atom is 0.257 e. The minimum atomic E-state index is -0.805. The summed E-state index contributed by atoms with van der Waals surface area (Å²) >= 11 is 0. The van der Waals surface area contributed by atoms with Crippen LogP contribution in [0.1, 0.15) is 34.5 Å². The summed E-state index contributed by atoms with van der Waals surface area (Å²) < 4.78 is 26.7. The third-order valence-electron chi connectivity index (χ3n) is 4.86. The smallest absolute Gasteiger partial charge is 0.257 e. The van der Waals surface area contributed by atoms with Crippen LogP contribution in [0.3, 0.4) is 0 Å². The van der Waals surface area contributed by atoms with Crippen LogP contribution in [0, 0.1) is 11.6 Å². The molecule has 1 aromatic heterocycles. The highest BCUT2D eigenvalue weighted by molar-refractivity contribution is 5.94. The molecule has 136 valence electrons. The van der Waals surface area contributed by atoms with E-state index in [1.807, 2.05) is 0 Å². The third kappa shape index (κ3) is 3.07. The van der Waals surface area contributed by atoms with E-state index in [4.69, 9.17) is 0 Å². The number of carbonyl (C=O) groups excluding carboxylic acids is 1. The molecule has 2 aromatic rings. The Bertz CT molecular complexity index is 902. The SMILES string of the molecule is O=C(c1cc(F)cc(F)c1)N1CCc2nc(N3CCCC3)[nH]c(=O)c2C1. The molecule has 0 spiro atoms. The van der Waals surface area contributed by atoms with Gasteiger partial charge in [0.05, 0.1) is 17.8 Å². The number of carbonyl (C=O) groups is 1. The van der Waals surface area contributed by atoms with Crippen LogP contribution in [0.2, 0.25) is 0 Å². The molecule has 8 heteroatoms. The molecule has 2 aliphatic rings. The highest BCUT2D eigenvalue weighted by atomic mass is 19.1. The lowest BCUT2D eigenvalue weighted by molar-refractivity contribution is 0.0731. The monoisotopic (exact) mass is 360 g/mol. The highest BCUT2D eigenvalue weighted by Crippen LogP contribution is 2.21. The molecule has 1 N–H and O–H groups in total. The van der Waals surface area contributed by atoms with E-state index in [1.54, 1.807) is 0 Å². The number of nitrogens with one attached hydrogen (secondary N) is 1. The van der Waals surface area contributed by atoms with Gasteiger partial charge in [-0.1, -0.05) is 0 Å². The molecule has 4 rings (SSSR count). The van der Waals surface area contributed by atoms with Crippen LogP contribution in [0.5, 0.6) is 0 Å². The lowest BCUT2D eigenvalue weighted by Gasteiger charge is -2.28. The van der Waals surface area contributed by atoms with E-state index >= 15 is 0 Å². The standard InChI is InChI=1S/C18H18F2N4O2/c19-12-7-11(8-13(20)9-12)17(26)24-6-3-15-14(10-24)16(25)22-18(21-15)23-4-1-2-5-23/h7-9H,1-6,10H2,(H,21,22,25). The van der Waals surface area contributed by atoms with Crippen molar-refractivity contribution < 1.29 is 13.6 Å². The molecule has 1 fully saturated rings. The van der Waals surface area contributed by atoms with Gasteiger partial charge in [0.15, 0.2) is 0 Å². The molecule has 0 unspecified atom stereocenters. The fourth-order valence-corrected chi connectivity index (χ4v) is 3.52. The number of hydrogen-bond acceptors (Lipinski definition) is 4. The zero-order valence-corrected chi connectivity index (χ0v) is 14.1. The average molecular weight is 360 g/mol. The highest BCUT2D eigenvalue weighted by Gasteiger charge is 2.27. The van der Waals surface area contributed by atoms with Gasteiger partial charge in [0.1, 0.15) is 11.6 Å². The number of aromatic nitrogens is 2. The quantitative estimate of drug-likeness (QED) is 0.887. The van der Waals surface area contributed by atoms with E-state index in [0.29, 0.717) is 30.2 Å². The van der Waals surface area contributed by atoms with Gasteiger partial charge in [-0.2, -0.15) is 0 Å². The maximum absolute atomic E-state index is 13.4. The number of amides is 1. The molecule has 0 saturated carbocycles. The van der Waals surface area contributed by atoms with Gasteiger partial charge in [0.2, 0.25) is 5.95 Å². The number of fused-ring (bicyclic) bond motifs is 1. The fraction of sp³-hybridized carbons (Fsp3) is 0.389. The Morgan fingerprint density at radius 3 is 2.46 bits per heavy atom. The van der Waals surface area contributed by atoms with E-state index in [1.165, 1.54) is 4.90 Å². The van der Waals surface area contributed by atoms with Crippen LogP contribution in [0.15, 0.2) is 23.0 Å². The zero-order chi connectivity index (χ0) is 18.3. The van der Waals surface area contributed by atoms with Crippen molar-refractivity contribution in [2.24, 2.45) is 0 Å². The molecular weight excluding hydrogens is 342 g/mol.